The number of hydrogen-bond donors (Lipinski definition) is 1. The Kier molecular flexibility index (Phi) is 8.52. The van der Waals surface area contributed by atoms with Crippen LogP contribution in [0.3, 0.4) is 0 Å². The van der Waals surface area contributed by atoms with E-state index < -0.39 is 0 Å². The maximum absolute atomic E-state index is 12.2. The Labute approximate surface area is 178 Å². The smallest absolute Gasteiger partial charge is 0.234 e. The number of thiophene rings is 1. The van der Waals surface area contributed by atoms with Crippen molar-refractivity contribution in [2.45, 2.75) is 45.4 Å². The first-order valence-electron chi connectivity index (χ1n) is 10.5. The second-order valence-corrected chi connectivity index (χ2v) is 8.80. The number of hydrogen-bond acceptors (Lipinski definition) is 5. The van der Waals surface area contributed by atoms with Gasteiger partial charge < -0.3 is 10.1 Å². The summed E-state index contributed by atoms with van der Waals surface area (Å²) in [6.07, 6.45) is 3.61. The molecule has 0 radical (unpaired) electrons. The zero-order valence-corrected chi connectivity index (χ0v) is 18.4. The monoisotopic (exact) mass is 415 g/mol. The van der Waals surface area contributed by atoms with Crippen LogP contribution in [0.25, 0.3) is 0 Å². The van der Waals surface area contributed by atoms with Crippen LogP contribution in [0.5, 0.6) is 5.75 Å². The summed E-state index contributed by atoms with van der Waals surface area (Å²) in [7, 11) is 2.13. The van der Waals surface area contributed by atoms with E-state index in [1.54, 1.807) is 11.3 Å². The van der Waals surface area contributed by atoms with Crippen LogP contribution >= 0.6 is 11.3 Å². The van der Waals surface area contributed by atoms with Gasteiger partial charge in [0.05, 0.1) is 13.1 Å². The summed E-state index contributed by atoms with van der Waals surface area (Å²) in [5.41, 5.74) is 2.57. The number of carbonyl (C=O) groups excluding carboxylic acids is 1. The molecule has 2 heterocycles. The van der Waals surface area contributed by atoms with Crippen LogP contribution in [0.4, 0.5) is 0 Å². The number of benzene rings is 1. The van der Waals surface area contributed by atoms with E-state index >= 15 is 0 Å². The van der Waals surface area contributed by atoms with Crippen molar-refractivity contribution in [1.29, 1.82) is 0 Å². The van der Waals surface area contributed by atoms with Crippen LogP contribution in [-0.4, -0.2) is 55.0 Å². The molecule has 2 aromatic rings. The first kappa shape index (κ1) is 21.8. The molecule has 5 nitrogen and oxygen atoms in total. The van der Waals surface area contributed by atoms with E-state index in [4.69, 9.17) is 4.74 Å². The fraction of sp³-hybridized carbons (Fsp3) is 0.522. The lowest BCUT2D eigenvalue weighted by Gasteiger charge is -2.26. The summed E-state index contributed by atoms with van der Waals surface area (Å²) >= 11 is 1.73. The van der Waals surface area contributed by atoms with Crippen molar-refractivity contribution >= 4 is 17.2 Å². The van der Waals surface area contributed by atoms with Gasteiger partial charge in [0.15, 0.2) is 0 Å². The zero-order valence-electron chi connectivity index (χ0n) is 17.6. The Morgan fingerprint density at radius 1 is 1.21 bits per heavy atom. The van der Waals surface area contributed by atoms with Gasteiger partial charge in [0.2, 0.25) is 5.91 Å². The van der Waals surface area contributed by atoms with Crippen molar-refractivity contribution in [3.63, 3.8) is 0 Å². The number of nitrogens with one attached hydrogen (secondary N) is 1. The highest BCUT2D eigenvalue weighted by Crippen LogP contribution is 2.17. The fourth-order valence-corrected chi connectivity index (χ4v) is 4.35. The third-order valence-corrected chi connectivity index (χ3v) is 5.86. The molecule has 1 saturated heterocycles. The molecule has 0 bridgehead atoms. The fourth-order valence-electron chi connectivity index (χ4n) is 3.69. The number of nitrogens with zero attached hydrogens (tertiary/aromatic N) is 2. The number of likely N-dealkylation sites (tertiary alicyclic amines) is 1. The van der Waals surface area contributed by atoms with Crippen LogP contribution in [0, 0.1) is 0 Å². The minimum Gasteiger partial charge on any atom is -0.489 e. The first-order valence-corrected chi connectivity index (χ1v) is 11.5. The first-order chi connectivity index (χ1) is 14.1. The van der Waals surface area contributed by atoms with Gasteiger partial charge in [0.1, 0.15) is 11.9 Å². The quantitative estimate of drug-likeness (QED) is 0.642. The molecular formula is C23H33N3O2S. The van der Waals surface area contributed by atoms with Gasteiger partial charge in [-0.25, -0.2) is 0 Å². The summed E-state index contributed by atoms with van der Waals surface area (Å²) in [6, 6.07) is 10.4. The highest BCUT2D eigenvalue weighted by Gasteiger charge is 2.14. The predicted molar refractivity (Wildman–Crippen MR) is 119 cm³/mol. The molecule has 0 spiro atoms. The van der Waals surface area contributed by atoms with E-state index in [1.807, 2.05) is 19.1 Å². The topological polar surface area (TPSA) is 44.8 Å². The third-order valence-electron chi connectivity index (χ3n) is 5.12. The summed E-state index contributed by atoms with van der Waals surface area (Å²) in [4.78, 5) is 16.7. The number of amides is 1. The highest BCUT2D eigenvalue weighted by atomic mass is 32.1. The van der Waals surface area contributed by atoms with Gasteiger partial charge in [0.25, 0.3) is 0 Å². The van der Waals surface area contributed by atoms with Crippen LogP contribution in [0.1, 0.15) is 37.3 Å². The lowest BCUT2D eigenvalue weighted by atomic mass is 10.1. The molecule has 1 aliphatic heterocycles. The maximum atomic E-state index is 12.2. The average molecular weight is 416 g/mol. The van der Waals surface area contributed by atoms with Gasteiger partial charge in [-0.1, -0.05) is 18.6 Å². The lowest BCUT2D eigenvalue weighted by molar-refractivity contribution is -0.122. The van der Waals surface area contributed by atoms with Crippen LogP contribution in [0.2, 0.25) is 0 Å². The lowest BCUT2D eigenvalue weighted by Crippen LogP contribution is -2.42. The SMILES string of the molecule is C[C@H](CNC(=O)CN1CCCCC1)Oc1cccc(CN(C)Cc2ccsc2)c1. The summed E-state index contributed by atoms with van der Waals surface area (Å²) in [5, 5.41) is 7.32. The van der Waals surface area contributed by atoms with Crippen LogP contribution in [0.15, 0.2) is 41.1 Å². The predicted octanol–water partition coefficient (Wildman–Crippen LogP) is 3.75. The van der Waals surface area contributed by atoms with Gasteiger partial charge in [-0.05, 0) is 80.0 Å². The molecule has 1 aromatic heterocycles. The second-order valence-electron chi connectivity index (χ2n) is 8.02. The Morgan fingerprint density at radius 2 is 2.00 bits per heavy atom. The van der Waals surface area contributed by atoms with Gasteiger partial charge in [-0.2, -0.15) is 11.3 Å². The molecule has 1 aliphatic rings. The van der Waals surface area contributed by atoms with Crippen molar-refractivity contribution in [1.82, 2.24) is 15.1 Å². The van der Waals surface area contributed by atoms with E-state index in [2.05, 4.69) is 51.1 Å². The van der Waals surface area contributed by atoms with Crippen molar-refractivity contribution in [3.05, 3.63) is 52.2 Å². The van der Waals surface area contributed by atoms with Crippen molar-refractivity contribution in [2.75, 3.05) is 33.2 Å². The Bertz CT molecular complexity index is 744. The molecule has 0 aliphatic carbocycles. The summed E-state index contributed by atoms with van der Waals surface area (Å²) < 4.78 is 6.04. The van der Waals surface area contributed by atoms with E-state index in [-0.39, 0.29) is 12.0 Å². The third kappa shape index (κ3) is 7.80. The maximum Gasteiger partial charge on any atom is 0.234 e. The molecule has 6 heteroatoms. The molecule has 1 fully saturated rings. The second kappa shape index (κ2) is 11.3. The normalized spacial score (nSPS) is 16.0. The minimum absolute atomic E-state index is 0.0703. The standard InChI is InChI=1S/C23H33N3O2S/c1-19(14-24-23(27)17-26-10-4-3-5-11-26)28-22-8-6-7-20(13-22)15-25(2)16-21-9-12-29-18-21/h6-9,12-13,18-19H,3-5,10-11,14-17H2,1-2H3,(H,24,27)/t19-/m1/s1. The zero-order chi connectivity index (χ0) is 20.5. The molecule has 1 aromatic carbocycles. The highest BCUT2D eigenvalue weighted by molar-refractivity contribution is 7.07. The Balaban J connectivity index is 1.41. The average Bonchev–Trinajstić information content (AvgIpc) is 3.20. The van der Waals surface area contributed by atoms with E-state index in [9.17, 15) is 4.79 Å². The van der Waals surface area contributed by atoms with Gasteiger partial charge in [-0.3, -0.25) is 14.6 Å². The number of carbonyl (C=O) groups is 1. The number of ether oxygens (including phenoxy) is 1. The largest absolute Gasteiger partial charge is 0.489 e. The molecular weight excluding hydrogens is 382 g/mol. The number of piperidine rings is 1. The van der Waals surface area contributed by atoms with E-state index in [1.165, 1.54) is 30.4 Å². The van der Waals surface area contributed by atoms with Gasteiger partial charge in [0, 0.05) is 13.1 Å². The van der Waals surface area contributed by atoms with E-state index in [0.29, 0.717) is 13.1 Å². The number of rotatable bonds is 10. The molecule has 1 N–H and O–H groups in total. The van der Waals surface area contributed by atoms with Crippen molar-refractivity contribution in [3.8, 4) is 5.75 Å². The molecule has 29 heavy (non-hydrogen) atoms. The van der Waals surface area contributed by atoms with Crippen LogP contribution < -0.4 is 10.1 Å². The Morgan fingerprint density at radius 3 is 2.76 bits per heavy atom. The molecule has 1 atom stereocenters. The van der Waals surface area contributed by atoms with E-state index in [0.717, 1.165) is 31.9 Å². The molecule has 1 amide bonds. The molecule has 3 rings (SSSR count). The van der Waals surface area contributed by atoms with Gasteiger partial charge in [-0.15, -0.1) is 0 Å². The molecule has 0 saturated carbocycles. The summed E-state index contributed by atoms with van der Waals surface area (Å²) in [5.74, 6) is 0.940. The summed E-state index contributed by atoms with van der Waals surface area (Å²) in [6.45, 7) is 6.90. The van der Waals surface area contributed by atoms with Crippen molar-refractivity contribution < 1.29 is 9.53 Å². The molecule has 158 valence electrons. The van der Waals surface area contributed by atoms with Gasteiger partial charge >= 0.3 is 0 Å². The Hall–Kier alpha value is -1.89. The van der Waals surface area contributed by atoms with Crippen LogP contribution in [-0.2, 0) is 17.9 Å². The molecule has 0 unspecified atom stereocenters. The minimum atomic E-state index is -0.0703. The van der Waals surface area contributed by atoms with Crippen molar-refractivity contribution in [2.24, 2.45) is 0 Å².